The van der Waals surface area contributed by atoms with Crippen LogP contribution in [0.15, 0.2) is 65.6 Å². The van der Waals surface area contributed by atoms with Crippen molar-refractivity contribution in [1.82, 2.24) is 10.2 Å². The number of rotatable bonds is 13. The number of nitrogens with one attached hydrogen (secondary N) is 1. The number of nitro groups is 1. The maximum Gasteiger partial charge on any atom is 0.273 e. The topological polar surface area (TPSA) is 139 Å². The van der Waals surface area contributed by atoms with Crippen LogP contribution in [0.3, 0.4) is 0 Å². The number of methoxy groups -OCH3 is 1. The van der Waals surface area contributed by atoms with Crippen molar-refractivity contribution in [3.05, 3.63) is 92.5 Å². The van der Waals surface area contributed by atoms with Crippen LogP contribution in [0, 0.1) is 24.0 Å². The van der Waals surface area contributed by atoms with Gasteiger partial charge in [0.15, 0.2) is 0 Å². The van der Waals surface area contributed by atoms with E-state index in [4.69, 9.17) is 16.3 Å². The monoisotopic (exact) mass is 670 g/mol. The fraction of sp³-hybridized carbons (Fsp3) is 0.394. The lowest BCUT2D eigenvalue weighted by Crippen LogP contribution is -2.53. The first-order chi connectivity index (χ1) is 21.8. The maximum absolute atomic E-state index is 14.4. The predicted octanol–water partition coefficient (Wildman–Crippen LogP) is 5.94. The molecule has 11 nitrogen and oxygen atoms in total. The average molecular weight is 671 g/mol. The van der Waals surface area contributed by atoms with Gasteiger partial charge in [0.1, 0.15) is 18.3 Å². The molecule has 1 saturated carbocycles. The van der Waals surface area contributed by atoms with Gasteiger partial charge in [-0.2, -0.15) is 0 Å². The lowest BCUT2D eigenvalue weighted by atomic mass is 10.1. The first-order valence-electron chi connectivity index (χ1n) is 15.1. The van der Waals surface area contributed by atoms with Crippen molar-refractivity contribution in [2.75, 3.05) is 18.0 Å². The summed E-state index contributed by atoms with van der Waals surface area (Å²) in [5.41, 5.74) is 1.58. The fourth-order valence-corrected chi connectivity index (χ4v) is 7.34. The van der Waals surface area contributed by atoms with Crippen molar-refractivity contribution in [3.63, 3.8) is 0 Å². The second kappa shape index (κ2) is 15.0. The molecule has 1 N–H and O–H groups in total. The van der Waals surface area contributed by atoms with Crippen LogP contribution in [0.1, 0.15) is 55.7 Å². The highest BCUT2D eigenvalue weighted by Gasteiger charge is 2.36. The summed E-state index contributed by atoms with van der Waals surface area (Å²) in [4.78, 5) is 40.1. The first kappa shape index (κ1) is 34.7. The second-order valence-electron chi connectivity index (χ2n) is 11.5. The van der Waals surface area contributed by atoms with Gasteiger partial charge in [-0.3, -0.25) is 24.0 Å². The Kier molecular flexibility index (Phi) is 11.3. The second-order valence-corrected chi connectivity index (χ2v) is 13.8. The molecular formula is C33H39ClN4O7S. The van der Waals surface area contributed by atoms with Gasteiger partial charge in [0, 0.05) is 29.2 Å². The number of anilines is 1. The normalized spacial score (nSPS) is 14.0. The van der Waals surface area contributed by atoms with Crippen LogP contribution in [0.25, 0.3) is 0 Å². The predicted molar refractivity (Wildman–Crippen MR) is 177 cm³/mol. The fourth-order valence-electron chi connectivity index (χ4n) is 5.74. The zero-order chi connectivity index (χ0) is 33.6. The number of carbonyl (C=O) groups excluding carboxylic acids is 2. The van der Waals surface area contributed by atoms with E-state index in [1.165, 1.54) is 49.3 Å². The molecular weight excluding hydrogens is 632 g/mol. The molecule has 3 aromatic rings. The van der Waals surface area contributed by atoms with Crippen molar-refractivity contribution >= 4 is 44.8 Å². The highest BCUT2D eigenvalue weighted by atomic mass is 35.5. The minimum absolute atomic E-state index is 0.0161. The third-order valence-corrected chi connectivity index (χ3v) is 10.2. The lowest BCUT2D eigenvalue weighted by molar-refractivity contribution is -0.385. The van der Waals surface area contributed by atoms with E-state index in [9.17, 15) is 28.1 Å². The largest absolute Gasteiger partial charge is 0.495 e. The molecule has 3 aromatic carbocycles. The molecule has 1 atom stereocenters. The quantitative estimate of drug-likeness (QED) is 0.176. The SMILES string of the molecule is CC[C@H](C(=O)NC1CCCC1)N(Cc1cccc(C)c1)C(=O)CN(c1cc(Cl)ccc1OC)S(=O)(=O)c1ccc(C)c([N+](=O)[O-])c1. The van der Waals surface area contributed by atoms with E-state index in [1.54, 1.807) is 6.92 Å². The minimum Gasteiger partial charge on any atom is -0.495 e. The maximum atomic E-state index is 14.4. The molecule has 0 heterocycles. The zero-order valence-electron chi connectivity index (χ0n) is 26.4. The van der Waals surface area contributed by atoms with Gasteiger partial charge < -0.3 is 15.0 Å². The van der Waals surface area contributed by atoms with E-state index in [0.29, 0.717) is 0 Å². The number of nitro benzene ring substituents is 1. The standard InChI is InChI=1S/C33H39ClN4O7S/c1-5-28(33(40)35-26-11-6-7-12-26)36(20-24-10-8-9-22(2)17-24)32(39)21-37(30-18-25(34)14-16-31(30)45-4)46(43,44)27-15-13-23(3)29(19-27)38(41)42/h8-10,13-19,26,28H,5-7,11-12,20-21H2,1-4H3,(H,35,40)/t28-/m1/s1. The van der Waals surface area contributed by atoms with Gasteiger partial charge in [0.25, 0.3) is 15.7 Å². The molecule has 13 heteroatoms. The van der Waals surface area contributed by atoms with Crippen LogP contribution in [-0.4, -0.2) is 55.8 Å². The van der Waals surface area contributed by atoms with E-state index in [0.717, 1.165) is 47.2 Å². The van der Waals surface area contributed by atoms with Gasteiger partial charge in [-0.15, -0.1) is 0 Å². The van der Waals surface area contributed by atoms with Crippen LogP contribution in [0.4, 0.5) is 11.4 Å². The molecule has 2 amide bonds. The molecule has 46 heavy (non-hydrogen) atoms. The molecule has 1 aliphatic carbocycles. The molecule has 1 aliphatic rings. The molecule has 0 spiro atoms. The van der Waals surface area contributed by atoms with Gasteiger partial charge in [-0.25, -0.2) is 8.42 Å². The summed E-state index contributed by atoms with van der Waals surface area (Å²) < 4.78 is 34.9. The number of ether oxygens (including phenoxy) is 1. The molecule has 0 aliphatic heterocycles. The molecule has 246 valence electrons. The third kappa shape index (κ3) is 7.97. The molecule has 0 unspecified atom stereocenters. The van der Waals surface area contributed by atoms with E-state index in [1.807, 2.05) is 31.2 Å². The summed E-state index contributed by atoms with van der Waals surface area (Å²) in [6.07, 6.45) is 4.03. The number of hydrogen-bond donors (Lipinski definition) is 1. The van der Waals surface area contributed by atoms with Crippen LogP contribution < -0.4 is 14.4 Å². The van der Waals surface area contributed by atoms with Crippen molar-refractivity contribution in [1.29, 1.82) is 0 Å². The highest BCUT2D eigenvalue weighted by Crippen LogP contribution is 2.36. The average Bonchev–Trinajstić information content (AvgIpc) is 3.52. The number of aryl methyl sites for hydroxylation is 2. The lowest BCUT2D eigenvalue weighted by Gasteiger charge is -2.34. The Balaban J connectivity index is 1.81. The van der Waals surface area contributed by atoms with E-state index < -0.39 is 38.3 Å². The molecule has 0 saturated heterocycles. The summed E-state index contributed by atoms with van der Waals surface area (Å²) in [6.45, 7) is 4.53. The third-order valence-electron chi connectivity index (χ3n) is 8.18. The van der Waals surface area contributed by atoms with E-state index in [-0.39, 0.29) is 52.6 Å². The van der Waals surface area contributed by atoms with Gasteiger partial charge in [0.05, 0.1) is 22.6 Å². The Morgan fingerprint density at radius 3 is 2.43 bits per heavy atom. The summed E-state index contributed by atoms with van der Waals surface area (Å²) in [5, 5.41) is 15.0. The molecule has 0 radical (unpaired) electrons. The number of sulfonamides is 1. The van der Waals surface area contributed by atoms with Gasteiger partial charge >= 0.3 is 0 Å². The van der Waals surface area contributed by atoms with Gasteiger partial charge in [0.2, 0.25) is 11.8 Å². The highest BCUT2D eigenvalue weighted by molar-refractivity contribution is 7.92. The smallest absolute Gasteiger partial charge is 0.273 e. The minimum atomic E-state index is -4.61. The Morgan fingerprint density at radius 1 is 1.09 bits per heavy atom. The van der Waals surface area contributed by atoms with Crippen LogP contribution in [0.2, 0.25) is 5.02 Å². The van der Waals surface area contributed by atoms with Crippen molar-refractivity contribution in [2.24, 2.45) is 0 Å². The van der Waals surface area contributed by atoms with Crippen LogP contribution in [-0.2, 0) is 26.2 Å². The number of amides is 2. The summed E-state index contributed by atoms with van der Waals surface area (Å²) in [5.74, 6) is -0.847. The number of carbonyl (C=O) groups is 2. The van der Waals surface area contributed by atoms with Crippen molar-refractivity contribution in [3.8, 4) is 5.75 Å². The zero-order valence-corrected chi connectivity index (χ0v) is 27.9. The van der Waals surface area contributed by atoms with Crippen molar-refractivity contribution < 1.29 is 27.7 Å². The number of nitrogens with zero attached hydrogens (tertiary/aromatic N) is 3. The van der Waals surface area contributed by atoms with Gasteiger partial charge in [-0.1, -0.05) is 67.3 Å². The Hall–Kier alpha value is -4.16. The number of halogens is 1. The number of benzene rings is 3. The number of hydrogen-bond acceptors (Lipinski definition) is 7. The Morgan fingerprint density at radius 2 is 1.80 bits per heavy atom. The first-order valence-corrected chi connectivity index (χ1v) is 16.9. The van der Waals surface area contributed by atoms with Crippen LogP contribution in [0.5, 0.6) is 5.75 Å². The van der Waals surface area contributed by atoms with Crippen molar-refractivity contribution in [2.45, 2.75) is 76.4 Å². The Bertz CT molecular complexity index is 1710. The molecule has 0 bridgehead atoms. The van der Waals surface area contributed by atoms with E-state index >= 15 is 0 Å². The molecule has 0 aromatic heterocycles. The summed E-state index contributed by atoms with van der Waals surface area (Å²) in [7, 11) is -3.27. The van der Waals surface area contributed by atoms with Crippen LogP contribution >= 0.6 is 11.6 Å². The Labute approximate surface area is 274 Å². The summed E-state index contributed by atoms with van der Waals surface area (Å²) >= 11 is 6.30. The van der Waals surface area contributed by atoms with E-state index in [2.05, 4.69) is 5.32 Å². The molecule has 4 rings (SSSR count). The van der Waals surface area contributed by atoms with Gasteiger partial charge in [-0.05, 0) is 62.9 Å². The summed E-state index contributed by atoms with van der Waals surface area (Å²) in [6, 6.07) is 14.5. The molecule has 1 fully saturated rings.